The fourth-order valence-corrected chi connectivity index (χ4v) is 5.27. The van der Waals surface area contributed by atoms with Gasteiger partial charge in [0, 0.05) is 22.4 Å². The lowest BCUT2D eigenvalue weighted by Gasteiger charge is -2.42. The highest BCUT2D eigenvalue weighted by atomic mass is 35.5. The normalized spacial score (nSPS) is 26.7. The number of nitrogens with one attached hydrogen (secondary N) is 1. The molecule has 3 rings (SSSR count). The third-order valence-electron chi connectivity index (χ3n) is 6.20. The summed E-state index contributed by atoms with van der Waals surface area (Å²) in [5.41, 5.74) is -0.0729. The van der Waals surface area contributed by atoms with E-state index in [1.54, 1.807) is 24.3 Å². The van der Waals surface area contributed by atoms with Crippen molar-refractivity contribution in [2.24, 2.45) is 5.41 Å². The van der Waals surface area contributed by atoms with Crippen LogP contribution >= 0.6 is 11.6 Å². The predicted octanol–water partition coefficient (Wildman–Crippen LogP) is 5.91. The Morgan fingerprint density at radius 2 is 1.90 bits per heavy atom. The quantitative estimate of drug-likeness (QED) is 0.613. The molecule has 2 aromatic carbocycles. The molecule has 1 saturated heterocycles. The first-order valence-corrected chi connectivity index (χ1v) is 10.6. The molecule has 1 heterocycles. The zero-order valence-corrected chi connectivity index (χ0v) is 18.4. The van der Waals surface area contributed by atoms with Gasteiger partial charge in [-0.05, 0) is 53.6 Å². The molecule has 0 saturated carbocycles. The van der Waals surface area contributed by atoms with Crippen molar-refractivity contribution >= 4 is 17.6 Å². The summed E-state index contributed by atoms with van der Waals surface area (Å²) in [4.78, 5) is 12.3. The monoisotopic (exact) mass is 435 g/mol. The summed E-state index contributed by atoms with van der Waals surface area (Å²) in [7, 11) is 0. The highest BCUT2D eigenvalue weighted by Crippen LogP contribution is 2.54. The second kappa shape index (κ2) is 8.27. The Morgan fingerprint density at radius 3 is 2.43 bits per heavy atom. The molecule has 30 heavy (non-hydrogen) atoms. The molecule has 4 atom stereocenters. The summed E-state index contributed by atoms with van der Waals surface area (Å²) in [6.45, 7) is 8.14. The van der Waals surface area contributed by atoms with Crippen molar-refractivity contribution in [2.75, 3.05) is 0 Å². The summed E-state index contributed by atoms with van der Waals surface area (Å²) in [6, 6.07) is 9.21. The first kappa shape index (κ1) is 22.7. The van der Waals surface area contributed by atoms with E-state index in [9.17, 15) is 14.3 Å². The molecule has 4 unspecified atom stereocenters. The summed E-state index contributed by atoms with van der Waals surface area (Å²) >= 11 is 6.01. The van der Waals surface area contributed by atoms with Gasteiger partial charge in [-0.2, -0.15) is 0 Å². The number of rotatable bonds is 5. The number of hydrogen-bond donors (Lipinski definition) is 2. The molecule has 1 aliphatic heterocycles. The Kier molecular flexibility index (Phi) is 6.26. The first-order valence-electron chi connectivity index (χ1n) is 10.2. The second-order valence-electron chi connectivity index (χ2n) is 9.35. The Balaban J connectivity index is 2.31. The van der Waals surface area contributed by atoms with Gasteiger partial charge in [0.2, 0.25) is 0 Å². The fourth-order valence-electron chi connectivity index (χ4n) is 5.11. The smallest absolute Gasteiger partial charge is 0.321 e. The van der Waals surface area contributed by atoms with Crippen LogP contribution in [0.2, 0.25) is 5.02 Å². The number of carboxylic acid groups (broad SMARTS) is 1. The van der Waals surface area contributed by atoms with Crippen LogP contribution in [0.5, 0.6) is 0 Å². The van der Waals surface area contributed by atoms with Gasteiger partial charge >= 0.3 is 5.97 Å². The van der Waals surface area contributed by atoms with E-state index in [1.165, 1.54) is 18.2 Å². The Morgan fingerprint density at radius 1 is 1.20 bits per heavy atom. The molecule has 1 aliphatic rings. The molecule has 0 radical (unpaired) electrons. The molecule has 0 bridgehead atoms. The van der Waals surface area contributed by atoms with Crippen molar-refractivity contribution in [1.82, 2.24) is 5.32 Å². The van der Waals surface area contributed by atoms with Gasteiger partial charge in [-0.25, -0.2) is 8.78 Å². The maximum Gasteiger partial charge on any atom is 0.321 e. The van der Waals surface area contributed by atoms with Gasteiger partial charge in [0.25, 0.3) is 0 Å². The second-order valence-corrected chi connectivity index (χ2v) is 9.79. The Labute approximate surface area is 181 Å². The van der Waals surface area contributed by atoms with Crippen molar-refractivity contribution < 1.29 is 18.7 Å². The van der Waals surface area contributed by atoms with E-state index in [0.29, 0.717) is 24.0 Å². The van der Waals surface area contributed by atoms with Gasteiger partial charge in [-0.15, -0.1) is 0 Å². The van der Waals surface area contributed by atoms with Crippen LogP contribution < -0.4 is 5.32 Å². The highest BCUT2D eigenvalue weighted by Gasteiger charge is 2.58. The number of aliphatic carboxylic acids is 1. The number of benzene rings is 2. The average Bonchev–Trinajstić information content (AvgIpc) is 2.95. The van der Waals surface area contributed by atoms with Crippen LogP contribution in [-0.4, -0.2) is 23.2 Å². The van der Waals surface area contributed by atoms with E-state index in [4.69, 9.17) is 11.6 Å². The van der Waals surface area contributed by atoms with E-state index in [1.807, 2.05) is 6.92 Å². The minimum atomic E-state index is -1.03. The summed E-state index contributed by atoms with van der Waals surface area (Å²) < 4.78 is 29.5. The molecular weight excluding hydrogens is 408 g/mol. The number of halogens is 3. The molecular formula is C24H28ClF2NO2. The van der Waals surface area contributed by atoms with Crippen LogP contribution in [0.15, 0.2) is 42.5 Å². The molecule has 1 fully saturated rings. The fraction of sp³-hybridized carbons (Fsp3) is 0.458. The van der Waals surface area contributed by atoms with Crippen LogP contribution in [0.3, 0.4) is 0 Å². The number of carboxylic acids is 1. The van der Waals surface area contributed by atoms with Crippen LogP contribution in [0.25, 0.3) is 0 Å². The summed E-state index contributed by atoms with van der Waals surface area (Å²) in [5, 5.41) is 13.6. The van der Waals surface area contributed by atoms with E-state index in [2.05, 4.69) is 26.1 Å². The zero-order chi connectivity index (χ0) is 22.3. The highest BCUT2D eigenvalue weighted by molar-refractivity contribution is 6.30. The Hall–Kier alpha value is -1.98. The molecule has 0 amide bonds. The minimum Gasteiger partial charge on any atom is -0.480 e. The third kappa shape index (κ3) is 4.10. The van der Waals surface area contributed by atoms with Crippen molar-refractivity contribution in [3.63, 3.8) is 0 Å². The van der Waals surface area contributed by atoms with Crippen molar-refractivity contribution in [3.8, 4) is 0 Å². The SMILES string of the molecule is CCC1(c2ccc(Cl)cc2F)C(CC(C)(C)C)NC(C(=O)O)C1c1cccc(F)c1. The van der Waals surface area contributed by atoms with E-state index >= 15 is 4.39 Å². The molecule has 2 N–H and O–H groups in total. The van der Waals surface area contributed by atoms with Gasteiger partial charge in [-0.1, -0.05) is 57.5 Å². The molecule has 0 aliphatic carbocycles. The van der Waals surface area contributed by atoms with Gasteiger partial charge in [0.05, 0.1) is 0 Å². The van der Waals surface area contributed by atoms with Crippen LogP contribution in [-0.2, 0) is 10.2 Å². The molecule has 0 aromatic heterocycles. The Bertz CT molecular complexity index is 943. The topological polar surface area (TPSA) is 49.3 Å². The predicted molar refractivity (Wildman–Crippen MR) is 115 cm³/mol. The van der Waals surface area contributed by atoms with Crippen LogP contribution in [0.1, 0.15) is 57.6 Å². The number of carbonyl (C=O) groups is 1. The third-order valence-corrected chi connectivity index (χ3v) is 6.43. The minimum absolute atomic E-state index is 0.138. The van der Waals surface area contributed by atoms with Gasteiger partial charge in [0.1, 0.15) is 17.7 Å². The van der Waals surface area contributed by atoms with Crippen molar-refractivity contribution in [3.05, 3.63) is 70.2 Å². The summed E-state index contributed by atoms with van der Waals surface area (Å²) in [6.07, 6.45) is 1.10. The molecule has 6 heteroatoms. The van der Waals surface area contributed by atoms with E-state index < -0.39 is 35.0 Å². The molecule has 0 spiro atoms. The van der Waals surface area contributed by atoms with Crippen LogP contribution in [0, 0.1) is 17.0 Å². The average molecular weight is 436 g/mol. The standard InChI is InChI=1S/C24H28ClF2NO2/c1-5-24(17-10-9-15(25)12-18(17)27)19(13-23(2,3)4)28-21(22(29)30)20(24)14-7-6-8-16(26)11-14/h6-12,19-21,28H,5,13H2,1-4H3,(H,29,30). The lowest BCUT2D eigenvalue weighted by Crippen LogP contribution is -2.45. The van der Waals surface area contributed by atoms with Gasteiger partial charge in [-0.3, -0.25) is 4.79 Å². The van der Waals surface area contributed by atoms with Crippen LogP contribution in [0.4, 0.5) is 8.78 Å². The largest absolute Gasteiger partial charge is 0.480 e. The van der Waals surface area contributed by atoms with Gasteiger partial charge < -0.3 is 10.4 Å². The maximum atomic E-state index is 15.3. The van der Waals surface area contributed by atoms with Crippen molar-refractivity contribution in [1.29, 1.82) is 0 Å². The zero-order valence-electron chi connectivity index (χ0n) is 17.7. The maximum absolute atomic E-state index is 15.3. The molecule has 3 nitrogen and oxygen atoms in total. The van der Waals surface area contributed by atoms with E-state index in [0.717, 1.165) is 0 Å². The molecule has 162 valence electrons. The van der Waals surface area contributed by atoms with E-state index in [-0.39, 0.29) is 16.5 Å². The van der Waals surface area contributed by atoms with Crippen molar-refractivity contribution in [2.45, 2.75) is 64.0 Å². The number of hydrogen-bond acceptors (Lipinski definition) is 2. The van der Waals surface area contributed by atoms with Gasteiger partial charge in [0.15, 0.2) is 0 Å². The lowest BCUT2D eigenvalue weighted by atomic mass is 9.60. The molecule has 2 aromatic rings. The summed E-state index contributed by atoms with van der Waals surface area (Å²) in [5.74, 6) is -2.61. The lowest BCUT2D eigenvalue weighted by molar-refractivity contribution is -0.139. The first-order chi connectivity index (χ1) is 14.0.